The smallest absolute Gasteiger partial charge is 0.345 e. The van der Waals surface area contributed by atoms with E-state index in [2.05, 4.69) is 71.4 Å². The van der Waals surface area contributed by atoms with Crippen molar-refractivity contribution in [3.63, 3.8) is 0 Å². The predicted octanol–water partition coefficient (Wildman–Crippen LogP) is 11.1. The molecule has 0 bridgehead atoms. The Morgan fingerprint density at radius 1 is 0.982 bits per heavy atom. The monoisotopic (exact) mass is 958 g/mol. The number of thiophene rings is 1. The molecule has 0 saturated heterocycles. The third kappa shape index (κ3) is 8.79. The second kappa shape index (κ2) is 16.9. The highest BCUT2D eigenvalue weighted by molar-refractivity contribution is 14.1. The lowest BCUT2D eigenvalue weighted by atomic mass is 9.95. The van der Waals surface area contributed by atoms with Gasteiger partial charge in [0, 0.05) is 23.7 Å². The van der Waals surface area contributed by atoms with E-state index in [1.165, 1.54) is 17.7 Å². The molecule has 0 amide bonds. The van der Waals surface area contributed by atoms with E-state index >= 15 is 0 Å². The summed E-state index contributed by atoms with van der Waals surface area (Å²) in [4.78, 5) is 31.8. The zero-order valence-electron chi connectivity index (χ0n) is 32.5. The summed E-state index contributed by atoms with van der Waals surface area (Å²) < 4.78 is 25.7. The summed E-state index contributed by atoms with van der Waals surface area (Å²) in [6.45, 7) is 14.4. The van der Waals surface area contributed by atoms with E-state index in [-0.39, 0.29) is 39.7 Å². The van der Waals surface area contributed by atoms with Crippen LogP contribution < -0.4 is 18.6 Å². The van der Waals surface area contributed by atoms with Gasteiger partial charge < -0.3 is 28.8 Å². The maximum Gasteiger partial charge on any atom is 0.345 e. The summed E-state index contributed by atoms with van der Waals surface area (Å²) in [5, 5.41) is 21.9. The number of methoxy groups -OCH3 is 1. The molecule has 0 spiro atoms. The van der Waals surface area contributed by atoms with Crippen molar-refractivity contribution in [2.24, 2.45) is 0 Å². The van der Waals surface area contributed by atoms with Crippen molar-refractivity contribution < 1.29 is 33.6 Å². The molecule has 0 radical (unpaired) electrons. The number of nitrogens with zero attached hydrogens (tertiary/aromatic N) is 4. The number of aromatic hydroxyl groups is 1. The van der Waals surface area contributed by atoms with Crippen LogP contribution in [0.3, 0.4) is 0 Å². The van der Waals surface area contributed by atoms with Crippen molar-refractivity contribution in [2.45, 2.75) is 71.9 Å². The Bertz CT molecular complexity index is 2470. The fourth-order valence-electron chi connectivity index (χ4n) is 5.99. The van der Waals surface area contributed by atoms with Gasteiger partial charge in [-0.05, 0) is 108 Å². The number of para-hydroxylation sites is 1. The minimum atomic E-state index is -2.28. The van der Waals surface area contributed by atoms with Gasteiger partial charge in [0.2, 0.25) is 20.3 Å². The largest absolute Gasteiger partial charge is 0.543 e. The Kier molecular flexibility index (Phi) is 12.6. The molecule has 0 aliphatic carbocycles. The normalized spacial score (nSPS) is 12.4. The Hall–Kier alpha value is -4.22. The molecule has 0 aliphatic rings. The first kappa shape index (κ1) is 42.4. The Morgan fingerprint density at radius 3 is 2.35 bits per heavy atom. The molecule has 6 aromatic rings. The van der Waals surface area contributed by atoms with Crippen molar-refractivity contribution >= 4 is 81.6 Å². The Labute approximate surface area is 359 Å². The van der Waals surface area contributed by atoms with Crippen LogP contribution in [0.15, 0.2) is 61.1 Å². The quantitative estimate of drug-likeness (QED) is 0.0842. The predicted molar refractivity (Wildman–Crippen MR) is 235 cm³/mol. The topological polar surface area (TPSA) is 146 Å². The van der Waals surface area contributed by atoms with E-state index in [0.29, 0.717) is 66.8 Å². The molecular formula is C41H41Cl2IN4O7SSi. The molecule has 3 aromatic heterocycles. The first-order chi connectivity index (χ1) is 26.9. The average molecular weight is 960 g/mol. The number of phenolic OH excluding ortho intramolecular Hbond substituents is 1. The molecule has 57 heavy (non-hydrogen) atoms. The van der Waals surface area contributed by atoms with Gasteiger partial charge in [-0.1, -0.05) is 56.1 Å². The summed E-state index contributed by atoms with van der Waals surface area (Å²) in [6, 6.07) is 14.7. The first-order valence-electron chi connectivity index (χ1n) is 17.8. The third-order valence-electron chi connectivity index (χ3n) is 10.1. The van der Waals surface area contributed by atoms with Crippen LogP contribution >= 0.6 is 57.1 Å². The lowest BCUT2D eigenvalue weighted by Gasteiger charge is -2.36. The number of aromatic nitrogens is 4. The molecule has 2 N–H and O–H groups in total. The molecule has 3 heterocycles. The summed E-state index contributed by atoms with van der Waals surface area (Å²) in [5.41, 5.74) is 4.43. The van der Waals surface area contributed by atoms with Crippen LogP contribution in [0.2, 0.25) is 28.2 Å². The number of benzene rings is 3. The number of hydrogen-bond donors (Lipinski definition) is 2. The van der Waals surface area contributed by atoms with E-state index in [9.17, 15) is 15.0 Å². The molecule has 3 aromatic carbocycles. The highest BCUT2D eigenvalue weighted by Gasteiger charge is 2.39. The number of rotatable bonds is 13. The van der Waals surface area contributed by atoms with Crippen LogP contribution in [0.1, 0.15) is 43.2 Å². The van der Waals surface area contributed by atoms with Crippen molar-refractivity contribution in [3.8, 4) is 51.4 Å². The highest BCUT2D eigenvalue weighted by Crippen LogP contribution is 2.50. The van der Waals surface area contributed by atoms with Crippen LogP contribution in [0, 0.1) is 16.7 Å². The van der Waals surface area contributed by atoms with E-state index in [0.717, 1.165) is 8.45 Å². The van der Waals surface area contributed by atoms with Crippen LogP contribution in [0.5, 0.6) is 28.9 Å². The van der Waals surface area contributed by atoms with Crippen LogP contribution in [0.4, 0.5) is 0 Å². The third-order valence-corrected chi connectivity index (χ3v) is 17.4. The fraction of sp³-hybridized carbons (Fsp3) is 0.293. The van der Waals surface area contributed by atoms with Crippen LogP contribution in [0.25, 0.3) is 32.7 Å². The summed E-state index contributed by atoms with van der Waals surface area (Å²) >= 11 is 16.7. The highest BCUT2D eigenvalue weighted by atomic mass is 127. The molecule has 11 nitrogen and oxygen atoms in total. The van der Waals surface area contributed by atoms with Crippen LogP contribution in [-0.4, -0.2) is 57.6 Å². The first-order valence-corrected chi connectivity index (χ1v) is 23.4. The number of carboxylic acids is 1. The molecule has 1 atom stereocenters. The summed E-state index contributed by atoms with van der Waals surface area (Å²) in [5.74, 6) is 0.799. The maximum absolute atomic E-state index is 13.1. The lowest BCUT2D eigenvalue weighted by molar-refractivity contribution is -0.145. The van der Waals surface area contributed by atoms with Gasteiger partial charge in [-0.15, -0.1) is 11.3 Å². The summed E-state index contributed by atoms with van der Waals surface area (Å²) in [6.07, 6.45) is 1.48. The number of ether oxygens (including phenoxy) is 3. The van der Waals surface area contributed by atoms with E-state index in [1.807, 2.05) is 36.4 Å². The minimum absolute atomic E-state index is 0.0678. The van der Waals surface area contributed by atoms with Crippen molar-refractivity contribution in [1.29, 1.82) is 0 Å². The number of halogens is 3. The molecule has 6 rings (SSSR count). The molecule has 0 aliphatic heterocycles. The number of hydrogen-bond acceptors (Lipinski definition) is 11. The number of fused-ring (bicyclic) bond motifs is 1. The van der Waals surface area contributed by atoms with Gasteiger partial charge in [0.15, 0.2) is 11.6 Å². The zero-order valence-corrected chi connectivity index (χ0v) is 38.0. The van der Waals surface area contributed by atoms with Gasteiger partial charge in [0.25, 0.3) is 0 Å². The number of carboxylic acid groups (broad SMARTS) is 1. The second-order valence-electron chi connectivity index (χ2n) is 14.9. The summed E-state index contributed by atoms with van der Waals surface area (Å²) in [7, 11) is -0.687. The standard InChI is InChI=1S/C41H41Cl2IN4O7SSi/c1-21-30(22(2)34(43)35(49)33(21)42)31-32-38(46-20-47-39(32)56-36(31)44)54-29(40(50)51)18-23-17-25(55-57(7,8)41(3,4)5)13-14-27(23)53-19-24-15-16-45-37(48-24)26-11-9-10-12-28(26)52-6/h9-17,20,29,49H,18-19H2,1-8H3,(H,50,51). The van der Waals surface area contributed by atoms with Gasteiger partial charge >= 0.3 is 5.97 Å². The lowest BCUT2D eigenvalue weighted by Crippen LogP contribution is -2.43. The molecule has 0 saturated carbocycles. The molecule has 16 heteroatoms. The SMILES string of the molecule is COc1ccccc1-c1nccc(COc2ccc(O[Si](C)(C)C(C)(C)C)cc2CC(Oc2ncnc3sc(I)c(-c4c(C)c(Cl)c(O)c(Cl)c4C)c23)C(=O)O)n1. The second-order valence-corrected chi connectivity index (χ2v) is 23.1. The molecule has 0 fully saturated rings. The fourth-order valence-corrected chi connectivity index (χ4v) is 9.47. The van der Waals surface area contributed by atoms with Gasteiger partial charge in [0.1, 0.15) is 35.0 Å². The number of carbonyl (C=O) groups is 1. The van der Waals surface area contributed by atoms with Gasteiger partial charge in [0.05, 0.1) is 36.7 Å². The van der Waals surface area contributed by atoms with E-state index in [1.54, 1.807) is 39.3 Å². The molecule has 298 valence electrons. The van der Waals surface area contributed by atoms with Gasteiger partial charge in [-0.3, -0.25) is 0 Å². The van der Waals surface area contributed by atoms with Gasteiger partial charge in [-0.2, -0.15) is 0 Å². The Morgan fingerprint density at radius 2 is 1.68 bits per heavy atom. The molecule has 1 unspecified atom stereocenters. The van der Waals surface area contributed by atoms with Crippen molar-refractivity contribution in [1.82, 2.24) is 19.9 Å². The van der Waals surface area contributed by atoms with Crippen molar-refractivity contribution in [3.05, 3.63) is 96.4 Å². The number of aliphatic carboxylic acids is 1. The van der Waals surface area contributed by atoms with Crippen molar-refractivity contribution in [2.75, 3.05) is 7.11 Å². The minimum Gasteiger partial charge on any atom is -0.543 e. The van der Waals surface area contributed by atoms with E-state index < -0.39 is 20.4 Å². The van der Waals surface area contributed by atoms with E-state index in [4.69, 9.17) is 46.8 Å². The average Bonchev–Trinajstić information content (AvgIpc) is 3.51. The Balaban J connectivity index is 1.38. The maximum atomic E-state index is 13.1. The zero-order chi connectivity index (χ0) is 41.4. The molecular weight excluding hydrogens is 918 g/mol. The van der Waals surface area contributed by atoms with Crippen LogP contribution in [-0.2, 0) is 17.8 Å². The number of phenols is 1. The van der Waals surface area contributed by atoms with Gasteiger partial charge in [-0.25, -0.2) is 24.7 Å².